The molecule has 0 fully saturated rings. The van der Waals surface area contributed by atoms with Gasteiger partial charge in [0.25, 0.3) is 0 Å². The fraction of sp³-hybridized carbons (Fsp3) is 0.500. The first kappa shape index (κ1) is 13.6. The van der Waals surface area contributed by atoms with Gasteiger partial charge in [-0.1, -0.05) is 12.1 Å². The summed E-state index contributed by atoms with van der Waals surface area (Å²) in [5.74, 6) is 0. The maximum atomic E-state index is 10.2. The average Bonchev–Trinajstić information content (AvgIpc) is 2.04. The number of hydrogen-bond donors (Lipinski definition) is 2. The minimum Gasteiger partial charge on any atom is -0.428 e. The lowest BCUT2D eigenvalue weighted by molar-refractivity contribution is 0.566. The minimum absolute atomic E-state index is 1.08. The Hall–Kier alpha value is -0.426. The molecule has 0 spiro atoms. The summed E-state index contributed by atoms with van der Waals surface area (Å²) in [7, 11) is -4.51. The molecule has 0 aliphatic rings. The molecule has 0 aromatic heterocycles. The SMILES string of the molecule is Cc1cc([Si](C)(C)O)c(C)cc1[Si](C)(C)O. The van der Waals surface area contributed by atoms with Crippen LogP contribution in [0.1, 0.15) is 11.1 Å². The van der Waals surface area contributed by atoms with Crippen molar-refractivity contribution in [2.24, 2.45) is 0 Å². The van der Waals surface area contributed by atoms with E-state index in [0.29, 0.717) is 0 Å². The van der Waals surface area contributed by atoms with E-state index in [9.17, 15) is 9.59 Å². The molecule has 0 radical (unpaired) electrons. The van der Waals surface area contributed by atoms with Gasteiger partial charge in [0.15, 0.2) is 0 Å². The van der Waals surface area contributed by atoms with Crippen LogP contribution in [0.3, 0.4) is 0 Å². The van der Waals surface area contributed by atoms with Crippen molar-refractivity contribution in [2.45, 2.75) is 40.0 Å². The minimum atomic E-state index is -2.26. The molecule has 16 heavy (non-hydrogen) atoms. The first-order valence-corrected chi connectivity index (χ1v) is 11.5. The molecule has 0 aliphatic carbocycles. The molecule has 0 saturated carbocycles. The highest BCUT2D eigenvalue weighted by molar-refractivity contribution is 6.85. The zero-order valence-electron chi connectivity index (χ0n) is 11.0. The molecule has 2 nitrogen and oxygen atoms in total. The quantitative estimate of drug-likeness (QED) is 0.776. The maximum absolute atomic E-state index is 10.2. The van der Waals surface area contributed by atoms with Crippen LogP contribution in [0.25, 0.3) is 0 Å². The molecule has 0 bridgehead atoms. The molecule has 0 unspecified atom stereocenters. The highest BCUT2D eigenvalue weighted by Gasteiger charge is 2.27. The van der Waals surface area contributed by atoms with Gasteiger partial charge in [0.1, 0.15) is 0 Å². The Bertz CT molecular complexity index is 361. The van der Waals surface area contributed by atoms with Crippen molar-refractivity contribution in [1.82, 2.24) is 0 Å². The van der Waals surface area contributed by atoms with Crippen LogP contribution in [-0.4, -0.2) is 26.2 Å². The van der Waals surface area contributed by atoms with E-state index in [1.165, 1.54) is 0 Å². The van der Waals surface area contributed by atoms with Crippen molar-refractivity contribution < 1.29 is 9.59 Å². The summed E-state index contributed by atoms with van der Waals surface area (Å²) in [5, 5.41) is 2.15. The predicted octanol–water partition coefficient (Wildman–Crippen LogP) is 1.11. The average molecular weight is 254 g/mol. The van der Waals surface area contributed by atoms with E-state index >= 15 is 0 Å². The first-order chi connectivity index (χ1) is 7.03. The Morgan fingerprint density at radius 2 is 1.00 bits per heavy atom. The zero-order chi connectivity index (χ0) is 12.7. The lowest BCUT2D eigenvalue weighted by Crippen LogP contribution is -2.48. The standard InChI is InChI=1S/C12H22O2Si2/c1-9-7-12(16(5,6)14)10(2)8-11(9)15(3,4)13/h7-8,13-14H,1-6H3. The highest BCUT2D eigenvalue weighted by Crippen LogP contribution is 2.09. The van der Waals surface area contributed by atoms with E-state index in [-0.39, 0.29) is 0 Å². The molecule has 0 atom stereocenters. The molecule has 1 aromatic rings. The molecule has 0 amide bonds. The highest BCUT2D eigenvalue weighted by atomic mass is 28.4. The monoisotopic (exact) mass is 254 g/mol. The summed E-state index contributed by atoms with van der Waals surface area (Å²) in [6, 6.07) is 4.11. The van der Waals surface area contributed by atoms with Crippen LogP contribution in [0, 0.1) is 13.8 Å². The van der Waals surface area contributed by atoms with E-state index in [1.807, 2.05) is 40.0 Å². The van der Waals surface area contributed by atoms with Gasteiger partial charge in [-0.05, 0) is 61.5 Å². The molecule has 4 heteroatoms. The Balaban J connectivity index is 3.40. The fourth-order valence-corrected chi connectivity index (χ4v) is 5.35. The normalized spacial score (nSPS) is 13.0. The van der Waals surface area contributed by atoms with Gasteiger partial charge in [-0.3, -0.25) is 0 Å². The summed E-state index contributed by atoms with van der Waals surface area (Å²) in [6.07, 6.45) is 0. The van der Waals surface area contributed by atoms with E-state index in [4.69, 9.17) is 0 Å². The van der Waals surface area contributed by atoms with Gasteiger partial charge in [0.2, 0.25) is 16.6 Å². The topological polar surface area (TPSA) is 40.5 Å². The summed E-state index contributed by atoms with van der Waals surface area (Å²) in [5.41, 5.74) is 2.21. The van der Waals surface area contributed by atoms with Crippen molar-refractivity contribution in [3.63, 3.8) is 0 Å². The molecule has 0 saturated heterocycles. The largest absolute Gasteiger partial charge is 0.428 e. The summed E-state index contributed by atoms with van der Waals surface area (Å²) in [4.78, 5) is 20.4. The fourth-order valence-electron chi connectivity index (χ4n) is 2.13. The van der Waals surface area contributed by atoms with Gasteiger partial charge in [0.05, 0.1) is 0 Å². The van der Waals surface area contributed by atoms with Gasteiger partial charge in [-0.2, -0.15) is 0 Å². The Morgan fingerprint density at radius 3 is 1.19 bits per heavy atom. The summed E-state index contributed by atoms with van der Waals surface area (Å²) >= 11 is 0. The molecule has 2 N–H and O–H groups in total. The van der Waals surface area contributed by atoms with Crippen molar-refractivity contribution >= 4 is 27.0 Å². The predicted molar refractivity (Wildman–Crippen MR) is 74.6 cm³/mol. The second kappa shape index (κ2) is 4.11. The molecular weight excluding hydrogens is 232 g/mol. The van der Waals surface area contributed by atoms with Gasteiger partial charge in [-0.15, -0.1) is 0 Å². The van der Waals surface area contributed by atoms with E-state index in [0.717, 1.165) is 21.5 Å². The third-order valence-corrected chi connectivity index (χ3v) is 6.60. The Kier molecular flexibility index (Phi) is 3.50. The maximum Gasteiger partial charge on any atom is 0.214 e. The second-order valence-electron chi connectivity index (χ2n) is 5.60. The third kappa shape index (κ3) is 2.82. The first-order valence-electron chi connectivity index (χ1n) is 5.60. The van der Waals surface area contributed by atoms with Crippen LogP contribution in [0.2, 0.25) is 26.2 Å². The third-order valence-electron chi connectivity index (χ3n) is 2.89. The van der Waals surface area contributed by atoms with E-state index in [1.54, 1.807) is 0 Å². The lowest BCUT2D eigenvalue weighted by Gasteiger charge is -2.23. The van der Waals surface area contributed by atoms with Gasteiger partial charge >= 0.3 is 0 Å². The van der Waals surface area contributed by atoms with E-state index < -0.39 is 16.6 Å². The van der Waals surface area contributed by atoms with E-state index in [2.05, 4.69) is 12.1 Å². The second-order valence-corrected chi connectivity index (χ2v) is 12.9. The van der Waals surface area contributed by atoms with Crippen molar-refractivity contribution in [2.75, 3.05) is 0 Å². The van der Waals surface area contributed by atoms with Crippen LogP contribution in [0.15, 0.2) is 12.1 Å². The van der Waals surface area contributed by atoms with Crippen molar-refractivity contribution in [1.29, 1.82) is 0 Å². The zero-order valence-corrected chi connectivity index (χ0v) is 13.0. The Morgan fingerprint density at radius 1 is 0.750 bits per heavy atom. The molecule has 0 aliphatic heterocycles. The van der Waals surface area contributed by atoms with Crippen LogP contribution in [0.5, 0.6) is 0 Å². The summed E-state index contributed by atoms with van der Waals surface area (Å²) < 4.78 is 0. The molecule has 0 heterocycles. The van der Waals surface area contributed by atoms with Gasteiger partial charge < -0.3 is 9.59 Å². The van der Waals surface area contributed by atoms with Crippen LogP contribution in [-0.2, 0) is 0 Å². The van der Waals surface area contributed by atoms with Crippen molar-refractivity contribution in [3.05, 3.63) is 23.3 Å². The number of rotatable bonds is 2. The number of aryl methyl sites for hydroxylation is 2. The molecule has 1 rings (SSSR count). The van der Waals surface area contributed by atoms with Gasteiger partial charge in [0, 0.05) is 0 Å². The van der Waals surface area contributed by atoms with Crippen molar-refractivity contribution in [3.8, 4) is 0 Å². The smallest absolute Gasteiger partial charge is 0.214 e. The summed E-state index contributed by atoms with van der Waals surface area (Å²) in [6.45, 7) is 11.7. The molecule has 90 valence electrons. The van der Waals surface area contributed by atoms with Crippen LogP contribution in [0.4, 0.5) is 0 Å². The molecular formula is C12H22O2Si2. The number of hydrogen-bond acceptors (Lipinski definition) is 2. The van der Waals surface area contributed by atoms with Crippen LogP contribution < -0.4 is 10.4 Å². The Labute approximate surface area is 100 Å². The van der Waals surface area contributed by atoms with Gasteiger partial charge in [-0.25, -0.2) is 0 Å². The lowest BCUT2D eigenvalue weighted by atomic mass is 10.2. The number of benzene rings is 1. The molecule has 1 aromatic carbocycles. The van der Waals surface area contributed by atoms with Crippen LogP contribution >= 0.6 is 0 Å².